The first-order chi connectivity index (χ1) is 9.27. The fourth-order valence-electron chi connectivity index (χ4n) is 3.09. The lowest BCUT2D eigenvalue weighted by Crippen LogP contribution is -2.29. The molecule has 1 N–H and O–H groups in total. The van der Waals surface area contributed by atoms with Crippen LogP contribution in [-0.4, -0.2) is 23.2 Å². The topological polar surface area (TPSA) is 64.1 Å². The van der Waals surface area contributed by atoms with Gasteiger partial charge in [-0.1, -0.05) is 5.16 Å². The Morgan fingerprint density at radius 2 is 2.10 bits per heavy atom. The number of piperidine rings is 1. The summed E-state index contributed by atoms with van der Waals surface area (Å²) in [6.45, 7) is 2.20. The summed E-state index contributed by atoms with van der Waals surface area (Å²) in [6, 6.07) is 3.67. The average molecular weight is 361 g/mol. The molecule has 2 aromatic rings. The molecule has 4 rings (SSSR count). The van der Waals surface area contributed by atoms with Crippen LogP contribution < -0.4 is 5.32 Å². The van der Waals surface area contributed by atoms with Gasteiger partial charge in [0.25, 0.3) is 0 Å². The highest BCUT2D eigenvalue weighted by Crippen LogP contribution is 2.63. The Kier molecular flexibility index (Phi) is 3.64. The van der Waals surface area contributed by atoms with Gasteiger partial charge in [-0.25, -0.2) is 0 Å². The second-order valence-corrected chi connectivity index (χ2v) is 6.21. The van der Waals surface area contributed by atoms with Gasteiger partial charge < -0.3 is 14.3 Å². The molecule has 0 radical (unpaired) electrons. The van der Waals surface area contributed by atoms with Crippen molar-refractivity contribution in [1.82, 2.24) is 15.5 Å². The molecule has 2 aliphatic rings. The van der Waals surface area contributed by atoms with Crippen LogP contribution in [0.25, 0.3) is 11.6 Å². The van der Waals surface area contributed by atoms with E-state index in [-0.39, 0.29) is 12.4 Å². The van der Waals surface area contributed by atoms with Gasteiger partial charge in [0.1, 0.15) is 0 Å². The monoisotopic (exact) mass is 359 g/mol. The molecule has 0 aromatic carbocycles. The van der Waals surface area contributed by atoms with Crippen LogP contribution >= 0.6 is 28.3 Å². The van der Waals surface area contributed by atoms with Gasteiger partial charge in [0, 0.05) is 5.92 Å². The number of furan rings is 1. The first kappa shape index (κ1) is 14.1. The van der Waals surface area contributed by atoms with Crippen molar-refractivity contribution in [1.29, 1.82) is 0 Å². The van der Waals surface area contributed by atoms with Gasteiger partial charge in [0.2, 0.25) is 11.7 Å². The van der Waals surface area contributed by atoms with Crippen molar-refractivity contribution in [3.05, 3.63) is 22.7 Å². The number of rotatable bonds is 2. The molecule has 5 nitrogen and oxygen atoms in total. The summed E-state index contributed by atoms with van der Waals surface area (Å²) in [5, 5.41) is 7.42. The molecule has 108 valence electrons. The molecule has 20 heavy (non-hydrogen) atoms. The Bertz CT molecular complexity index is 606. The number of hydrogen-bond donors (Lipinski definition) is 1. The van der Waals surface area contributed by atoms with Gasteiger partial charge in [-0.05, 0) is 65.8 Å². The Morgan fingerprint density at radius 1 is 1.30 bits per heavy atom. The van der Waals surface area contributed by atoms with Gasteiger partial charge >= 0.3 is 0 Å². The third-order valence-electron chi connectivity index (χ3n) is 4.32. The van der Waals surface area contributed by atoms with E-state index in [1.807, 2.05) is 12.1 Å². The highest BCUT2D eigenvalue weighted by atomic mass is 79.9. The molecular formula is C13H15BrClN3O2. The smallest absolute Gasteiger partial charge is 0.238 e. The summed E-state index contributed by atoms with van der Waals surface area (Å²) in [5.41, 5.74) is 0.415. The van der Waals surface area contributed by atoms with Crippen molar-refractivity contribution in [3.8, 4) is 11.6 Å². The van der Waals surface area contributed by atoms with Crippen molar-refractivity contribution in [2.24, 2.45) is 5.41 Å². The molecule has 1 aliphatic heterocycles. The molecule has 1 saturated carbocycles. The molecular weight excluding hydrogens is 346 g/mol. The van der Waals surface area contributed by atoms with Crippen LogP contribution in [0.1, 0.15) is 31.1 Å². The van der Waals surface area contributed by atoms with E-state index in [1.165, 1.54) is 19.3 Å². The summed E-state index contributed by atoms with van der Waals surface area (Å²) in [6.07, 6.45) is 3.60. The van der Waals surface area contributed by atoms with Gasteiger partial charge in [-0.3, -0.25) is 0 Å². The summed E-state index contributed by atoms with van der Waals surface area (Å²) in [5.74, 6) is 2.39. The maximum absolute atomic E-state index is 5.44. The lowest BCUT2D eigenvalue weighted by molar-refractivity contribution is 0.311. The van der Waals surface area contributed by atoms with Crippen molar-refractivity contribution < 1.29 is 8.94 Å². The van der Waals surface area contributed by atoms with E-state index in [0.717, 1.165) is 19.0 Å². The van der Waals surface area contributed by atoms with E-state index in [9.17, 15) is 0 Å². The molecule has 1 aliphatic carbocycles. The standard InChI is InChI=1S/C13H14BrN3O2.ClH/c14-10-2-1-9(18-10)11-16-12(19-17-11)8-7-13(8)3-5-15-6-4-13;/h1-2,8,15H,3-7H2;1H. The highest BCUT2D eigenvalue weighted by molar-refractivity contribution is 9.10. The zero-order chi connectivity index (χ0) is 12.9. The molecule has 1 atom stereocenters. The SMILES string of the molecule is Brc1ccc(-c2noc(C3CC34CCNCC4)n2)o1.Cl. The average Bonchev–Trinajstić information content (AvgIpc) is 2.85. The summed E-state index contributed by atoms with van der Waals surface area (Å²) in [7, 11) is 0. The predicted molar refractivity (Wildman–Crippen MR) is 78.8 cm³/mol. The molecule has 7 heteroatoms. The minimum atomic E-state index is 0. The summed E-state index contributed by atoms with van der Waals surface area (Å²) < 4.78 is 11.5. The van der Waals surface area contributed by atoms with Crippen molar-refractivity contribution in [2.45, 2.75) is 25.2 Å². The Balaban J connectivity index is 0.00000121. The zero-order valence-electron chi connectivity index (χ0n) is 10.8. The molecule has 1 saturated heterocycles. The minimum absolute atomic E-state index is 0. The van der Waals surface area contributed by atoms with E-state index in [1.54, 1.807) is 0 Å². The zero-order valence-corrected chi connectivity index (χ0v) is 13.2. The molecule has 0 amide bonds. The number of nitrogens with one attached hydrogen (secondary N) is 1. The van der Waals surface area contributed by atoms with E-state index < -0.39 is 0 Å². The van der Waals surface area contributed by atoms with E-state index in [4.69, 9.17) is 8.94 Å². The van der Waals surface area contributed by atoms with Gasteiger partial charge in [-0.2, -0.15) is 4.98 Å². The van der Waals surface area contributed by atoms with Crippen LogP contribution in [0.3, 0.4) is 0 Å². The Hall–Kier alpha value is -0.850. The molecule has 1 unspecified atom stereocenters. The van der Waals surface area contributed by atoms with Crippen LogP contribution in [0.4, 0.5) is 0 Å². The van der Waals surface area contributed by atoms with Crippen LogP contribution in [0.2, 0.25) is 0 Å². The quantitative estimate of drug-likeness (QED) is 0.889. The van der Waals surface area contributed by atoms with E-state index in [0.29, 0.717) is 27.6 Å². The second kappa shape index (κ2) is 5.16. The summed E-state index contributed by atoms with van der Waals surface area (Å²) in [4.78, 5) is 4.49. The lowest BCUT2D eigenvalue weighted by Gasteiger charge is -2.22. The fraction of sp³-hybridized carbons (Fsp3) is 0.538. The Morgan fingerprint density at radius 3 is 2.80 bits per heavy atom. The second-order valence-electron chi connectivity index (χ2n) is 5.43. The van der Waals surface area contributed by atoms with Gasteiger partial charge in [-0.15, -0.1) is 12.4 Å². The first-order valence-corrected chi connectivity index (χ1v) is 7.36. The molecule has 3 heterocycles. The number of hydrogen-bond acceptors (Lipinski definition) is 5. The third-order valence-corrected chi connectivity index (χ3v) is 4.75. The predicted octanol–water partition coefficient (Wildman–Crippen LogP) is 3.37. The third kappa shape index (κ3) is 2.29. The normalized spacial score (nSPS) is 23.6. The summed E-state index contributed by atoms with van der Waals surface area (Å²) >= 11 is 3.28. The van der Waals surface area contributed by atoms with Crippen molar-refractivity contribution >= 4 is 28.3 Å². The largest absolute Gasteiger partial charge is 0.446 e. The molecule has 2 aromatic heterocycles. The van der Waals surface area contributed by atoms with Crippen LogP contribution in [0.15, 0.2) is 25.7 Å². The van der Waals surface area contributed by atoms with Crippen LogP contribution in [-0.2, 0) is 0 Å². The number of halogens is 2. The minimum Gasteiger partial charge on any atom is -0.446 e. The highest BCUT2D eigenvalue weighted by Gasteiger charge is 2.57. The lowest BCUT2D eigenvalue weighted by atomic mass is 9.92. The van der Waals surface area contributed by atoms with Crippen molar-refractivity contribution in [2.75, 3.05) is 13.1 Å². The number of nitrogens with zero attached hydrogens (tertiary/aromatic N) is 2. The van der Waals surface area contributed by atoms with E-state index in [2.05, 4.69) is 31.4 Å². The maximum Gasteiger partial charge on any atom is 0.238 e. The molecule has 1 spiro atoms. The Labute approximate surface area is 131 Å². The fourth-order valence-corrected chi connectivity index (χ4v) is 3.39. The first-order valence-electron chi connectivity index (χ1n) is 6.57. The van der Waals surface area contributed by atoms with Crippen molar-refractivity contribution in [3.63, 3.8) is 0 Å². The maximum atomic E-state index is 5.44. The van der Waals surface area contributed by atoms with Crippen LogP contribution in [0.5, 0.6) is 0 Å². The van der Waals surface area contributed by atoms with Gasteiger partial charge in [0.15, 0.2) is 10.4 Å². The van der Waals surface area contributed by atoms with Gasteiger partial charge in [0.05, 0.1) is 0 Å². The van der Waals surface area contributed by atoms with Crippen LogP contribution in [0, 0.1) is 5.41 Å². The number of aromatic nitrogens is 2. The molecule has 0 bridgehead atoms. The van der Waals surface area contributed by atoms with E-state index >= 15 is 0 Å². The molecule has 2 fully saturated rings.